The van der Waals surface area contributed by atoms with E-state index in [1.54, 1.807) is 11.3 Å². The summed E-state index contributed by atoms with van der Waals surface area (Å²) in [5.41, 5.74) is 0.884. The monoisotopic (exact) mass is 473 g/mol. The number of hydrogen-bond acceptors (Lipinski definition) is 3. The average Bonchev–Trinajstić information content (AvgIpc) is 2.75. The first-order valence-electron chi connectivity index (χ1n) is 4.86. The van der Waals surface area contributed by atoms with Gasteiger partial charge in [-0.25, -0.2) is 4.98 Å². The number of halogens is 4. The van der Waals surface area contributed by atoms with Crippen LogP contribution in [0, 0.1) is 0 Å². The predicted octanol–water partition coefficient (Wildman–Crippen LogP) is 5.75. The van der Waals surface area contributed by atoms with Crippen LogP contribution in [-0.2, 0) is 12.5 Å². The summed E-state index contributed by atoms with van der Waals surface area (Å²) < 4.78 is 8.51. The molecular weight excluding hydrogens is 469 g/mol. The van der Waals surface area contributed by atoms with Gasteiger partial charge in [0.1, 0.15) is 17.4 Å². The number of rotatable bonds is 4. The lowest BCUT2D eigenvalue weighted by atomic mass is 10.3. The summed E-state index contributed by atoms with van der Waals surface area (Å²) in [6.07, 6.45) is 0. The predicted molar refractivity (Wildman–Crippen MR) is 85.5 cm³/mol. The fourth-order valence-electron chi connectivity index (χ4n) is 1.28. The molecule has 0 saturated carbocycles. The van der Waals surface area contributed by atoms with Crippen molar-refractivity contribution >= 4 is 70.7 Å². The largest absolute Gasteiger partial charge is 0.484 e. The van der Waals surface area contributed by atoms with Crippen LogP contribution in [0.1, 0.15) is 10.7 Å². The Balaban J connectivity index is 2.10. The summed E-state index contributed by atoms with van der Waals surface area (Å²) in [7, 11) is 0. The topological polar surface area (TPSA) is 22.1 Å². The highest BCUT2D eigenvalue weighted by molar-refractivity contribution is 9.11. The quantitative estimate of drug-likeness (QED) is 0.525. The van der Waals surface area contributed by atoms with Crippen molar-refractivity contribution in [3.05, 3.63) is 41.6 Å². The van der Waals surface area contributed by atoms with Crippen LogP contribution in [0.25, 0.3) is 0 Å². The number of alkyl halides is 1. The molecule has 18 heavy (non-hydrogen) atoms. The second kappa shape index (κ2) is 6.70. The van der Waals surface area contributed by atoms with Crippen LogP contribution in [0.3, 0.4) is 0 Å². The summed E-state index contributed by atoms with van der Waals surface area (Å²) in [4.78, 5) is 4.34. The Kier molecular flexibility index (Phi) is 5.50. The van der Waals surface area contributed by atoms with Crippen molar-refractivity contribution in [3.8, 4) is 5.75 Å². The molecule has 0 bridgehead atoms. The maximum Gasteiger partial charge on any atom is 0.148 e. The van der Waals surface area contributed by atoms with Gasteiger partial charge >= 0.3 is 0 Å². The Hall–Kier alpha value is 0.380. The Labute approximate surface area is 139 Å². The Morgan fingerprint density at radius 2 is 1.89 bits per heavy atom. The van der Waals surface area contributed by atoms with Gasteiger partial charge in [0.2, 0.25) is 0 Å². The molecule has 0 spiro atoms. The van der Waals surface area contributed by atoms with Gasteiger partial charge in [-0.15, -0.1) is 22.9 Å². The third kappa shape index (κ3) is 3.70. The van der Waals surface area contributed by atoms with E-state index in [1.807, 2.05) is 17.5 Å². The summed E-state index contributed by atoms with van der Waals surface area (Å²) in [6.45, 7) is 0.431. The molecule has 0 aliphatic heterocycles. The van der Waals surface area contributed by atoms with Gasteiger partial charge in [0.15, 0.2) is 0 Å². The zero-order chi connectivity index (χ0) is 13.1. The van der Waals surface area contributed by atoms with Crippen molar-refractivity contribution in [1.29, 1.82) is 0 Å². The van der Waals surface area contributed by atoms with Crippen LogP contribution >= 0.6 is 70.7 Å². The first-order chi connectivity index (χ1) is 8.60. The fourth-order valence-corrected chi connectivity index (χ4v) is 4.70. The van der Waals surface area contributed by atoms with Crippen molar-refractivity contribution in [2.45, 2.75) is 12.5 Å². The third-order valence-corrected chi connectivity index (χ3v) is 4.82. The first kappa shape index (κ1) is 14.8. The molecule has 0 aliphatic carbocycles. The molecule has 0 unspecified atom stereocenters. The first-order valence-corrected chi connectivity index (χ1v) is 8.66. The number of aromatic nitrogens is 1. The molecule has 0 atom stereocenters. The minimum atomic E-state index is 0.431. The molecule has 1 aromatic carbocycles. The van der Waals surface area contributed by atoms with Gasteiger partial charge in [0, 0.05) is 9.85 Å². The lowest BCUT2D eigenvalue weighted by molar-refractivity contribution is 0.301. The molecule has 0 aliphatic rings. The molecule has 0 fully saturated rings. The van der Waals surface area contributed by atoms with Gasteiger partial charge in [0.25, 0.3) is 0 Å². The van der Waals surface area contributed by atoms with Gasteiger partial charge in [-0.1, -0.05) is 15.9 Å². The SMILES string of the molecule is ClCc1csc(COc2c(Br)cc(Br)cc2Br)n1. The van der Waals surface area contributed by atoms with Crippen molar-refractivity contribution in [1.82, 2.24) is 4.98 Å². The van der Waals surface area contributed by atoms with Crippen LogP contribution in [0.15, 0.2) is 30.9 Å². The van der Waals surface area contributed by atoms with E-state index in [-0.39, 0.29) is 0 Å². The van der Waals surface area contributed by atoms with Crippen LogP contribution in [0.4, 0.5) is 0 Å². The summed E-state index contributed by atoms with van der Waals surface area (Å²) in [6, 6.07) is 3.87. The molecule has 96 valence electrons. The standard InChI is InChI=1S/C11H7Br3ClNOS/c12-6-1-8(13)11(9(14)2-6)17-4-10-16-7(3-15)5-18-10/h1-2,5H,3-4H2. The second-order valence-corrected chi connectivity index (χ2v) is 7.19. The molecule has 2 rings (SSSR count). The summed E-state index contributed by atoms with van der Waals surface area (Å²) in [5.74, 6) is 1.20. The zero-order valence-corrected chi connectivity index (χ0v) is 15.3. The molecule has 0 radical (unpaired) electrons. The molecule has 0 saturated heterocycles. The van der Waals surface area contributed by atoms with E-state index in [0.717, 1.165) is 29.9 Å². The smallest absolute Gasteiger partial charge is 0.148 e. The summed E-state index contributed by atoms with van der Waals surface area (Å²) >= 11 is 17.6. The number of thiazole rings is 1. The van der Waals surface area contributed by atoms with Crippen molar-refractivity contribution in [2.24, 2.45) is 0 Å². The molecule has 0 amide bonds. The Morgan fingerprint density at radius 1 is 1.22 bits per heavy atom. The summed E-state index contributed by atoms with van der Waals surface area (Å²) in [5, 5.41) is 2.85. The van der Waals surface area contributed by atoms with Crippen molar-refractivity contribution in [3.63, 3.8) is 0 Å². The van der Waals surface area contributed by atoms with Crippen LogP contribution in [0.5, 0.6) is 5.75 Å². The van der Waals surface area contributed by atoms with E-state index in [9.17, 15) is 0 Å². The molecule has 7 heteroatoms. The molecule has 2 nitrogen and oxygen atoms in total. The number of nitrogens with zero attached hydrogens (tertiary/aromatic N) is 1. The van der Waals surface area contributed by atoms with E-state index < -0.39 is 0 Å². The van der Waals surface area contributed by atoms with Crippen LogP contribution in [-0.4, -0.2) is 4.98 Å². The van der Waals surface area contributed by atoms with E-state index in [1.165, 1.54) is 0 Å². The average molecular weight is 476 g/mol. The minimum Gasteiger partial charge on any atom is -0.484 e. The van der Waals surface area contributed by atoms with Gasteiger partial charge in [-0.3, -0.25) is 0 Å². The normalized spacial score (nSPS) is 10.7. The van der Waals surface area contributed by atoms with Gasteiger partial charge in [0.05, 0.1) is 20.5 Å². The Morgan fingerprint density at radius 3 is 2.44 bits per heavy atom. The second-order valence-electron chi connectivity index (χ2n) is 3.35. The van der Waals surface area contributed by atoms with E-state index in [0.29, 0.717) is 12.5 Å². The molecular formula is C11H7Br3ClNOS. The maximum absolute atomic E-state index is 5.76. The van der Waals surface area contributed by atoms with Gasteiger partial charge in [-0.05, 0) is 44.0 Å². The fraction of sp³-hybridized carbons (Fsp3) is 0.182. The molecule has 0 N–H and O–H groups in total. The molecule has 1 heterocycles. The van der Waals surface area contributed by atoms with Gasteiger partial charge < -0.3 is 4.74 Å². The van der Waals surface area contributed by atoms with Crippen LogP contribution in [0.2, 0.25) is 0 Å². The lowest BCUT2D eigenvalue weighted by Crippen LogP contribution is -1.97. The number of hydrogen-bond donors (Lipinski definition) is 0. The maximum atomic E-state index is 5.76. The highest BCUT2D eigenvalue weighted by atomic mass is 79.9. The van der Waals surface area contributed by atoms with Crippen molar-refractivity contribution < 1.29 is 4.74 Å². The van der Waals surface area contributed by atoms with Crippen molar-refractivity contribution in [2.75, 3.05) is 0 Å². The lowest BCUT2D eigenvalue weighted by Gasteiger charge is -2.09. The number of benzene rings is 1. The van der Waals surface area contributed by atoms with Crippen LogP contribution < -0.4 is 4.74 Å². The molecule has 1 aromatic heterocycles. The van der Waals surface area contributed by atoms with E-state index in [2.05, 4.69) is 52.8 Å². The van der Waals surface area contributed by atoms with E-state index in [4.69, 9.17) is 16.3 Å². The highest BCUT2D eigenvalue weighted by Crippen LogP contribution is 2.36. The molecule has 2 aromatic rings. The third-order valence-electron chi connectivity index (χ3n) is 2.04. The highest BCUT2D eigenvalue weighted by Gasteiger charge is 2.09. The minimum absolute atomic E-state index is 0.431. The zero-order valence-electron chi connectivity index (χ0n) is 8.92. The van der Waals surface area contributed by atoms with Gasteiger partial charge in [-0.2, -0.15) is 0 Å². The van der Waals surface area contributed by atoms with E-state index >= 15 is 0 Å². The Bertz CT molecular complexity index is 538. The number of ether oxygens (including phenoxy) is 1.